The van der Waals surface area contributed by atoms with E-state index in [4.69, 9.17) is 11.6 Å². The molecule has 1 aliphatic rings. The Kier molecular flexibility index (Phi) is 5.18. The molecule has 4 nitrogen and oxygen atoms in total. The average molecular weight is 417 g/mol. The van der Waals surface area contributed by atoms with Gasteiger partial charge in [-0.3, -0.25) is 9.59 Å². The van der Waals surface area contributed by atoms with Crippen LogP contribution >= 0.6 is 11.6 Å². The van der Waals surface area contributed by atoms with Gasteiger partial charge < -0.3 is 5.32 Å². The highest BCUT2D eigenvalue weighted by Gasteiger charge is 2.41. The van der Waals surface area contributed by atoms with E-state index >= 15 is 0 Å². The first-order valence-electron chi connectivity index (χ1n) is 9.65. The number of amides is 2. The first kappa shape index (κ1) is 19.9. The maximum Gasteiger partial charge on any atom is 0.282 e. The number of imide groups is 1. The molecule has 5 heteroatoms. The topological polar surface area (TPSA) is 49.4 Å². The lowest BCUT2D eigenvalue weighted by molar-refractivity contribution is -0.120. The minimum Gasteiger partial charge on any atom is -0.350 e. The van der Waals surface area contributed by atoms with Gasteiger partial charge in [0.05, 0.1) is 11.3 Å². The van der Waals surface area contributed by atoms with Crippen molar-refractivity contribution in [2.24, 2.45) is 0 Å². The fourth-order valence-corrected chi connectivity index (χ4v) is 3.73. The largest absolute Gasteiger partial charge is 0.350 e. The molecule has 0 atom stereocenters. The van der Waals surface area contributed by atoms with Crippen molar-refractivity contribution in [2.45, 2.75) is 20.8 Å². The molecule has 0 saturated heterocycles. The summed E-state index contributed by atoms with van der Waals surface area (Å²) in [5, 5.41) is 3.70. The van der Waals surface area contributed by atoms with Crippen LogP contribution in [0.25, 0.3) is 5.57 Å². The molecule has 150 valence electrons. The van der Waals surface area contributed by atoms with E-state index in [1.54, 1.807) is 25.1 Å². The van der Waals surface area contributed by atoms with E-state index in [-0.39, 0.29) is 11.6 Å². The van der Waals surface area contributed by atoms with E-state index in [2.05, 4.69) is 5.32 Å². The van der Waals surface area contributed by atoms with Gasteiger partial charge in [0.1, 0.15) is 5.70 Å². The third-order valence-electron chi connectivity index (χ3n) is 5.19. The fourth-order valence-electron chi connectivity index (χ4n) is 3.56. The number of benzene rings is 3. The highest BCUT2D eigenvalue weighted by Crippen LogP contribution is 2.36. The van der Waals surface area contributed by atoms with Gasteiger partial charge in [0.15, 0.2) is 0 Å². The second-order valence-electron chi connectivity index (χ2n) is 7.44. The fraction of sp³-hybridized carbons (Fsp3) is 0.120. The first-order valence-corrected chi connectivity index (χ1v) is 10.0. The molecule has 30 heavy (non-hydrogen) atoms. The summed E-state index contributed by atoms with van der Waals surface area (Å²) in [7, 11) is 0. The molecular formula is C25H21ClN2O2. The number of halogens is 1. The predicted octanol–water partition coefficient (Wildman–Crippen LogP) is 5.66. The van der Waals surface area contributed by atoms with Crippen molar-refractivity contribution < 1.29 is 9.59 Å². The summed E-state index contributed by atoms with van der Waals surface area (Å²) >= 11 is 6.26. The van der Waals surface area contributed by atoms with Gasteiger partial charge in [-0.05, 0) is 61.7 Å². The number of carbonyl (C=O) groups excluding carboxylic acids is 2. The van der Waals surface area contributed by atoms with Gasteiger partial charge in [-0.25, -0.2) is 4.90 Å². The Balaban J connectivity index is 1.86. The second-order valence-corrected chi connectivity index (χ2v) is 7.85. The molecule has 0 bridgehead atoms. The smallest absolute Gasteiger partial charge is 0.282 e. The standard InChI is InChI=1S/C25H21ClN2O2/c1-15-10-12-18(13-11-15)22-23(27-19-7-4-6-16(2)14-19)25(30)28(24(22)29)21-9-5-8-20(26)17(21)3/h4-14,27H,1-3H3. The van der Waals surface area contributed by atoms with Crippen LogP contribution in [0.2, 0.25) is 5.02 Å². The molecule has 0 spiro atoms. The maximum atomic E-state index is 13.5. The number of nitrogens with one attached hydrogen (secondary N) is 1. The highest BCUT2D eigenvalue weighted by molar-refractivity contribution is 6.46. The third-order valence-corrected chi connectivity index (χ3v) is 5.60. The lowest BCUT2D eigenvalue weighted by atomic mass is 10.0. The van der Waals surface area contributed by atoms with Crippen LogP contribution < -0.4 is 10.2 Å². The molecule has 1 N–H and O–H groups in total. The van der Waals surface area contributed by atoms with Crippen LogP contribution in [0.15, 0.2) is 72.4 Å². The Morgan fingerprint density at radius 2 is 1.50 bits per heavy atom. The predicted molar refractivity (Wildman–Crippen MR) is 122 cm³/mol. The van der Waals surface area contributed by atoms with Crippen LogP contribution in [0.5, 0.6) is 0 Å². The Bertz CT molecular complexity index is 1200. The monoisotopic (exact) mass is 416 g/mol. The molecular weight excluding hydrogens is 396 g/mol. The number of nitrogens with zero attached hydrogens (tertiary/aromatic N) is 1. The number of hydrogen-bond donors (Lipinski definition) is 1. The van der Waals surface area contributed by atoms with Gasteiger partial charge in [0.25, 0.3) is 11.8 Å². The second kappa shape index (κ2) is 7.81. The zero-order chi connectivity index (χ0) is 21.4. The lowest BCUT2D eigenvalue weighted by Crippen LogP contribution is -2.33. The zero-order valence-corrected chi connectivity index (χ0v) is 17.7. The Morgan fingerprint density at radius 3 is 2.20 bits per heavy atom. The summed E-state index contributed by atoms with van der Waals surface area (Å²) in [5.74, 6) is -0.771. The molecule has 3 aromatic carbocycles. The van der Waals surface area contributed by atoms with Crippen molar-refractivity contribution in [1.82, 2.24) is 0 Å². The van der Waals surface area contributed by atoms with Crippen LogP contribution in [0.3, 0.4) is 0 Å². The minimum atomic E-state index is -0.401. The van der Waals surface area contributed by atoms with Crippen LogP contribution in [-0.2, 0) is 9.59 Å². The summed E-state index contributed by atoms with van der Waals surface area (Å²) in [6, 6.07) is 20.5. The molecule has 0 radical (unpaired) electrons. The molecule has 4 rings (SSSR count). The van der Waals surface area contributed by atoms with E-state index in [1.165, 1.54) is 4.90 Å². The van der Waals surface area contributed by atoms with Crippen molar-refractivity contribution in [3.05, 3.63) is 99.7 Å². The van der Waals surface area contributed by atoms with E-state index < -0.39 is 5.91 Å². The van der Waals surface area contributed by atoms with E-state index in [0.717, 1.165) is 16.8 Å². The molecule has 2 amide bonds. The number of anilines is 2. The van der Waals surface area contributed by atoms with Gasteiger partial charge in [-0.15, -0.1) is 0 Å². The SMILES string of the molecule is Cc1ccc(C2=C(Nc3cccc(C)c3)C(=O)N(c3cccc(Cl)c3C)C2=O)cc1. The molecule has 0 fully saturated rings. The number of aryl methyl sites for hydroxylation is 2. The number of hydrogen-bond acceptors (Lipinski definition) is 3. The minimum absolute atomic E-state index is 0.258. The average Bonchev–Trinajstić information content (AvgIpc) is 2.95. The molecule has 0 aromatic heterocycles. The molecule has 0 aliphatic carbocycles. The molecule has 3 aromatic rings. The molecule has 1 aliphatic heterocycles. The van der Waals surface area contributed by atoms with Gasteiger partial charge in [0, 0.05) is 10.7 Å². The Morgan fingerprint density at radius 1 is 0.800 bits per heavy atom. The highest BCUT2D eigenvalue weighted by atomic mass is 35.5. The van der Waals surface area contributed by atoms with Crippen LogP contribution in [0, 0.1) is 20.8 Å². The van der Waals surface area contributed by atoms with Gasteiger partial charge in [-0.1, -0.05) is 59.6 Å². The third kappa shape index (κ3) is 3.51. The van der Waals surface area contributed by atoms with E-state index in [0.29, 0.717) is 27.4 Å². The van der Waals surface area contributed by atoms with Crippen LogP contribution in [-0.4, -0.2) is 11.8 Å². The summed E-state index contributed by atoms with van der Waals surface area (Å²) in [6.07, 6.45) is 0. The van der Waals surface area contributed by atoms with Crippen molar-refractivity contribution in [2.75, 3.05) is 10.2 Å². The van der Waals surface area contributed by atoms with E-state index in [9.17, 15) is 9.59 Å². The quantitative estimate of drug-likeness (QED) is 0.558. The van der Waals surface area contributed by atoms with Crippen molar-refractivity contribution >= 4 is 40.4 Å². The summed E-state index contributed by atoms with van der Waals surface area (Å²) < 4.78 is 0. The zero-order valence-electron chi connectivity index (χ0n) is 17.0. The summed E-state index contributed by atoms with van der Waals surface area (Å²) in [4.78, 5) is 28.2. The summed E-state index contributed by atoms with van der Waals surface area (Å²) in [5.41, 5.74) is 5.35. The first-order chi connectivity index (χ1) is 14.4. The van der Waals surface area contributed by atoms with Gasteiger partial charge >= 0.3 is 0 Å². The Labute approximate surface area is 180 Å². The maximum absolute atomic E-state index is 13.5. The Hall–Kier alpha value is -3.37. The van der Waals surface area contributed by atoms with Gasteiger partial charge in [-0.2, -0.15) is 0 Å². The normalized spacial score (nSPS) is 13.9. The van der Waals surface area contributed by atoms with Crippen molar-refractivity contribution in [3.8, 4) is 0 Å². The van der Waals surface area contributed by atoms with Gasteiger partial charge in [0.2, 0.25) is 0 Å². The van der Waals surface area contributed by atoms with Crippen LogP contribution in [0.1, 0.15) is 22.3 Å². The molecule has 0 unspecified atom stereocenters. The lowest BCUT2D eigenvalue weighted by Gasteiger charge is -2.18. The van der Waals surface area contributed by atoms with Crippen LogP contribution in [0.4, 0.5) is 11.4 Å². The van der Waals surface area contributed by atoms with E-state index in [1.807, 2.05) is 62.4 Å². The summed E-state index contributed by atoms with van der Waals surface area (Å²) in [6.45, 7) is 5.76. The molecule has 0 saturated carbocycles. The molecule has 1 heterocycles. The van der Waals surface area contributed by atoms with Crippen molar-refractivity contribution in [1.29, 1.82) is 0 Å². The van der Waals surface area contributed by atoms with Crippen molar-refractivity contribution in [3.63, 3.8) is 0 Å². The number of rotatable bonds is 4. The number of carbonyl (C=O) groups is 2.